The number of nitrogens with one attached hydrogen (secondary N) is 2. The van der Waals surface area contributed by atoms with Crippen LogP contribution in [0.3, 0.4) is 0 Å². The molecular formula is C23H24N2O3. The molecule has 144 valence electrons. The molecule has 0 bridgehead atoms. The predicted molar refractivity (Wildman–Crippen MR) is 113 cm³/mol. The zero-order valence-corrected chi connectivity index (χ0v) is 16.3. The van der Waals surface area contributed by atoms with Crippen LogP contribution in [0, 0.1) is 0 Å². The van der Waals surface area contributed by atoms with E-state index in [0.29, 0.717) is 17.8 Å². The second-order valence-electron chi connectivity index (χ2n) is 6.66. The van der Waals surface area contributed by atoms with Crippen LogP contribution in [0.25, 0.3) is 10.8 Å². The minimum Gasteiger partial charge on any atom is -0.497 e. The Morgan fingerprint density at radius 2 is 1.50 bits per heavy atom. The molecule has 3 aromatic rings. The number of hydrogen-bond acceptors (Lipinski definition) is 3. The van der Waals surface area contributed by atoms with Crippen LogP contribution in [-0.4, -0.2) is 18.9 Å². The van der Waals surface area contributed by atoms with Gasteiger partial charge in [-0.2, -0.15) is 0 Å². The van der Waals surface area contributed by atoms with Crippen LogP contribution < -0.4 is 15.4 Å². The van der Waals surface area contributed by atoms with Gasteiger partial charge in [-0.15, -0.1) is 0 Å². The molecule has 0 aliphatic carbocycles. The Morgan fingerprint density at radius 1 is 0.893 bits per heavy atom. The molecule has 2 N–H and O–H groups in total. The lowest BCUT2D eigenvalue weighted by molar-refractivity contribution is -0.117. The Balaban J connectivity index is 1.70. The molecule has 2 amide bonds. The molecule has 28 heavy (non-hydrogen) atoms. The van der Waals surface area contributed by atoms with E-state index in [1.54, 1.807) is 38.3 Å². The molecule has 0 saturated heterocycles. The summed E-state index contributed by atoms with van der Waals surface area (Å²) in [5.74, 6) is 0.383. The van der Waals surface area contributed by atoms with Crippen molar-refractivity contribution in [3.05, 3.63) is 66.2 Å². The van der Waals surface area contributed by atoms with E-state index in [1.165, 1.54) is 0 Å². The fourth-order valence-corrected chi connectivity index (χ4v) is 2.93. The molecule has 0 aromatic heterocycles. The Hall–Kier alpha value is -3.34. The molecule has 0 unspecified atom stereocenters. The van der Waals surface area contributed by atoms with Gasteiger partial charge in [-0.3, -0.25) is 9.59 Å². The van der Waals surface area contributed by atoms with Crippen LogP contribution in [-0.2, 0) is 9.59 Å². The number of amides is 2. The van der Waals surface area contributed by atoms with E-state index in [0.717, 1.165) is 22.1 Å². The van der Waals surface area contributed by atoms with Crippen molar-refractivity contribution in [2.75, 3.05) is 17.7 Å². The second-order valence-corrected chi connectivity index (χ2v) is 6.66. The van der Waals surface area contributed by atoms with Crippen molar-refractivity contribution in [2.24, 2.45) is 0 Å². The Bertz CT molecular complexity index is 996. The van der Waals surface area contributed by atoms with Crippen LogP contribution in [0.4, 0.5) is 11.4 Å². The molecule has 0 aliphatic heterocycles. The van der Waals surface area contributed by atoms with E-state index < -0.39 is 0 Å². The van der Waals surface area contributed by atoms with Gasteiger partial charge in [-0.05, 0) is 59.7 Å². The summed E-state index contributed by atoms with van der Waals surface area (Å²) in [4.78, 5) is 24.1. The van der Waals surface area contributed by atoms with E-state index in [4.69, 9.17) is 4.74 Å². The number of benzene rings is 3. The summed E-state index contributed by atoms with van der Waals surface area (Å²) < 4.78 is 5.25. The number of hydrogen-bond donors (Lipinski definition) is 2. The molecular weight excluding hydrogens is 352 g/mol. The number of carbonyl (C=O) groups excluding carboxylic acids is 2. The molecule has 0 spiro atoms. The van der Waals surface area contributed by atoms with Gasteiger partial charge in [0.05, 0.1) is 13.0 Å². The number of fused-ring (bicyclic) bond motifs is 1. The number of carbonyl (C=O) groups is 2. The summed E-state index contributed by atoms with van der Waals surface area (Å²) in [6.45, 7) is 3.68. The minimum atomic E-state index is -0.300. The van der Waals surface area contributed by atoms with Crippen molar-refractivity contribution in [1.82, 2.24) is 0 Å². The summed E-state index contributed by atoms with van der Waals surface area (Å²) in [6, 6.07) is 19.0. The van der Waals surface area contributed by atoms with E-state index in [-0.39, 0.29) is 17.7 Å². The fraction of sp³-hybridized carbons (Fsp3) is 0.217. The van der Waals surface area contributed by atoms with E-state index in [2.05, 4.69) is 10.6 Å². The first-order valence-corrected chi connectivity index (χ1v) is 9.28. The van der Waals surface area contributed by atoms with Gasteiger partial charge in [-0.1, -0.05) is 31.2 Å². The average Bonchev–Trinajstić information content (AvgIpc) is 2.73. The highest BCUT2D eigenvalue weighted by Crippen LogP contribution is 2.26. The summed E-state index contributed by atoms with van der Waals surface area (Å²) in [7, 11) is 1.65. The van der Waals surface area contributed by atoms with E-state index in [1.807, 2.05) is 43.3 Å². The second kappa shape index (κ2) is 8.57. The average molecular weight is 376 g/mol. The molecule has 0 heterocycles. The lowest BCUT2D eigenvalue weighted by atomic mass is 9.97. The van der Waals surface area contributed by atoms with Gasteiger partial charge in [0.15, 0.2) is 0 Å². The maximum atomic E-state index is 12.7. The third-order valence-electron chi connectivity index (χ3n) is 4.72. The van der Waals surface area contributed by atoms with Gasteiger partial charge >= 0.3 is 0 Å². The van der Waals surface area contributed by atoms with Crippen molar-refractivity contribution >= 4 is 34.0 Å². The van der Waals surface area contributed by atoms with Gasteiger partial charge in [0.1, 0.15) is 5.75 Å². The first-order valence-electron chi connectivity index (χ1n) is 9.28. The maximum Gasteiger partial charge on any atom is 0.231 e. The number of anilines is 2. The van der Waals surface area contributed by atoms with Crippen molar-refractivity contribution in [2.45, 2.75) is 26.2 Å². The highest BCUT2D eigenvalue weighted by Gasteiger charge is 2.16. The van der Waals surface area contributed by atoms with Crippen molar-refractivity contribution in [3.63, 3.8) is 0 Å². The van der Waals surface area contributed by atoms with Gasteiger partial charge in [-0.25, -0.2) is 0 Å². The standard InChI is InChI=1S/C23H24N2O3/c1-4-22(26)24-19-8-10-20(11-9-19)25-23(27)15(2)16-5-6-18-14-21(28-3)12-7-17(18)13-16/h5-15H,4H2,1-3H3,(H,24,26)(H,25,27)/t15-/m0/s1. The number of rotatable bonds is 6. The molecule has 5 heteroatoms. The van der Waals surface area contributed by atoms with Crippen molar-refractivity contribution in [3.8, 4) is 5.75 Å². The minimum absolute atomic E-state index is 0.0423. The molecule has 5 nitrogen and oxygen atoms in total. The molecule has 1 atom stereocenters. The third kappa shape index (κ3) is 4.49. The van der Waals surface area contributed by atoms with Crippen LogP contribution in [0.5, 0.6) is 5.75 Å². The molecule has 3 aromatic carbocycles. The van der Waals surface area contributed by atoms with Gasteiger partial charge < -0.3 is 15.4 Å². The van der Waals surface area contributed by atoms with E-state index >= 15 is 0 Å². The van der Waals surface area contributed by atoms with Crippen LogP contribution in [0.15, 0.2) is 60.7 Å². The summed E-state index contributed by atoms with van der Waals surface area (Å²) in [6.07, 6.45) is 0.425. The Morgan fingerprint density at radius 3 is 2.14 bits per heavy atom. The normalized spacial score (nSPS) is 11.7. The van der Waals surface area contributed by atoms with E-state index in [9.17, 15) is 9.59 Å². The topological polar surface area (TPSA) is 67.4 Å². The largest absolute Gasteiger partial charge is 0.497 e. The monoisotopic (exact) mass is 376 g/mol. The highest BCUT2D eigenvalue weighted by atomic mass is 16.5. The summed E-state index contributed by atoms with van der Waals surface area (Å²) in [5, 5.41) is 7.85. The molecule has 0 fully saturated rings. The number of methoxy groups -OCH3 is 1. The zero-order valence-electron chi connectivity index (χ0n) is 16.3. The SMILES string of the molecule is CCC(=O)Nc1ccc(NC(=O)[C@@H](C)c2ccc3cc(OC)ccc3c2)cc1. The third-order valence-corrected chi connectivity index (χ3v) is 4.72. The first kappa shape index (κ1) is 19.4. The zero-order chi connectivity index (χ0) is 20.1. The molecule has 0 saturated carbocycles. The molecule has 0 radical (unpaired) electrons. The Kier molecular flexibility index (Phi) is 5.94. The first-order chi connectivity index (χ1) is 13.5. The van der Waals surface area contributed by atoms with Crippen LogP contribution in [0.2, 0.25) is 0 Å². The molecule has 0 aliphatic rings. The maximum absolute atomic E-state index is 12.7. The number of ether oxygens (including phenoxy) is 1. The predicted octanol–water partition coefficient (Wildman–Crippen LogP) is 4.94. The molecule has 3 rings (SSSR count). The smallest absolute Gasteiger partial charge is 0.231 e. The summed E-state index contributed by atoms with van der Waals surface area (Å²) >= 11 is 0. The summed E-state index contributed by atoms with van der Waals surface area (Å²) in [5.41, 5.74) is 2.35. The van der Waals surface area contributed by atoms with Gasteiger partial charge in [0, 0.05) is 17.8 Å². The van der Waals surface area contributed by atoms with Crippen molar-refractivity contribution < 1.29 is 14.3 Å². The van der Waals surface area contributed by atoms with Gasteiger partial charge in [0.2, 0.25) is 11.8 Å². The van der Waals surface area contributed by atoms with Crippen LogP contribution in [0.1, 0.15) is 31.7 Å². The fourth-order valence-electron chi connectivity index (χ4n) is 2.93. The van der Waals surface area contributed by atoms with Gasteiger partial charge in [0.25, 0.3) is 0 Å². The Labute approximate surface area is 164 Å². The van der Waals surface area contributed by atoms with Crippen LogP contribution >= 0.6 is 0 Å². The van der Waals surface area contributed by atoms with Crippen molar-refractivity contribution in [1.29, 1.82) is 0 Å². The lowest BCUT2D eigenvalue weighted by Crippen LogP contribution is -2.18. The lowest BCUT2D eigenvalue weighted by Gasteiger charge is -2.14. The quantitative estimate of drug-likeness (QED) is 0.640. The highest BCUT2D eigenvalue weighted by molar-refractivity contribution is 5.97.